The van der Waals surface area contributed by atoms with Gasteiger partial charge in [0.15, 0.2) is 6.67 Å². The van der Waals surface area contributed by atoms with Crippen molar-refractivity contribution < 1.29 is 4.90 Å². The third-order valence-corrected chi connectivity index (χ3v) is 5.76. The number of hydrogen-bond donors (Lipinski definition) is 1. The number of piperidine rings is 1. The van der Waals surface area contributed by atoms with Crippen LogP contribution in [0.1, 0.15) is 30.5 Å². The molecule has 0 unspecified atom stereocenters. The van der Waals surface area contributed by atoms with Crippen LogP contribution in [-0.2, 0) is 20.1 Å². The molecule has 21 heavy (non-hydrogen) atoms. The van der Waals surface area contributed by atoms with E-state index >= 15 is 0 Å². The van der Waals surface area contributed by atoms with Gasteiger partial charge in [-0.15, -0.1) is 11.3 Å². The summed E-state index contributed by atoms with van der Waals surface area (Å²) in [5, 5.41) is 6.87. The average molecular weight is 324 g/mol. The lowest BCUT2D eigenvalue weighted by Gasteiger charge is -2.26. The van der Waals surface area contributed by atoms with Gasteiger partial charge in [0.25, 0.3) is 0 Å². The predicted octanol–water partition coefficient (Wildman–Crippen LogP) is 1.88. The van der Waals surface area contributed by atoms with Gasteiger partial charge in [-0.25, -0.2) is 0 Å². The molecule has 4 nitrogen and oxygen atoms in total. The molecule has 3 heterocycles. The average Bonchev–Trinajstić information content (AvgIpc) is 3.07. The van der Waals surface area contributed by atoms with Crippen LogP contribution in [0.25, 0.3) is 0 Å². The van der Waals surface area contributed by atoms with E-state index in [1.54, 1.807) is 16.2 Å². The zero-order valence-corrected chi connectivity index (χ0v) is 14.3. The third-order valence-electron chi connectivity index (χ3n) is 4.40. The van der Waals surface area contributed by atoms with Crippen LogP contribution in [0.4, 0.5) is 0 Å². The van der Waals surface area contributed by atoms with Crippen LogP contribution in [0.3, 0.4) is 0 Å². The fourth-order valence-corrected chi connectivity index (χ4v) is 3.81. The molecule has 0 radical (unpaired) electrons. The summed E-state index contributed by atoms with van der Waals surface area (Å²) in [6.07, 6.45) is 3.51. The molecule has 1 fully saturated rings. The number of aromatic nitrogens is 3. The van der Waals surface area contributed by atoms with Crippen LogP contribution in [0.2, 0.25) is 0 Å². The Balaban J connectivity index is 1.72. The SMILES string of the molecule is CC1CC[NH+](Cn2nc(Cc3cccs3)n(C)c2=S)CC1. The minimum atomic E-state index is 0.840. The van der Waals surface area contributed by atoms with E-state index in [4.69, 9.17) is 17.3 Å². The molecule has 114 valence electrons. The normalized spacial score (nSPS) is 22.6. The maximum absolute atomic E-state index is 5.55. The van der Waals surface area contributed by atoms with Crippen molar-refractivity contribution in [1.82, 2.24) is 14.3 Å². The van der Waals surface area contributed by atoms with Crippen LogP contribution < -0.4 is 4.90 Å². The van der Waals surface area contributed by atoms with Gasteiger partial charge >= 0.3 is 0 Å². The molecule has 6 heteroatoms. The second kappa shape index (κ2) is 6.42. The van der Waals surface area contributed by atoms with Gasteiger partial charge in [0.2, 0.25) is 4.77 Å². The molecular formula is C15H23N4S2+. The van der Waals surface area contributed by atoms with Gasteiger partial charge in [-0.3, -0.25) is 0 Å². The highest BCUT2D eigenvalue weighted by Crippen LogP contribution is 2.13. The molecule has 0 amide bonds. The van der Waals surface area contributed by atoms with Crippen LogP contribution >= 0.6 is 23.6 Å². The van der Waals surface area contributed by atoms with Crippen LogP contribution in [0, 0.1) is 10.7 Å². The fraction of sp³-hybridized carbons (Fsp3) is 0.600. The summed E-state index contributed by atoms with van der Waals surface area (Å²) in [5.74, 6) is 1.94. The Kier molecular flexibility index (Phi) is 4.57. The van der Waals surface area contributed by atoms with Gasteiger partial charge in [-0.2, -0.15) is 9.78 Å². The largest absolute Gasteiger partial charge is 0.316 e. The zero-order chi connectivity index (χ0) is 14.8. The Morgan fingerprint density at radius 2 is 2.19 bits per heavy atom. The molecule has 0 bridgehead atoms. The number of rotatable bonds is 4. The predicted molar refractivity (Wildman–Crippen MR) is 88.3 cm³/mol. The van der Waals surface area contributed by atoms with E-state index in [-0.39, 0.29) is 0 Å². The van der Waals surface area contributed by atoms with E-state index in [1.807, 2.05) is 11.7 Å². The van der Waals surface area contributed by atoms with Crippen molar-refractivity contribution in [3.05, 3.63) is 33.0 Å². The van der Waals surface area contributed by atoms with Crippen LogP contribution in [0.15, 0.2) is 17.5 Å². The monoisotopic (exact) mass is 323 g/mol. The lowest BCUT2D eigenvalue weighted by Crippen LogP contribution is -3.12. The lowest BCUT2D eigenvalue weighted by molar-refractivity contribution is -0.929. The van der Waals surface area contributed by atoms with E-state index < -0.39 is 0 Å². The van der Waals surface area contributed by atoms with E-state index in [0.717, 1.165) is 29.6 Å². The van der Waals surface area contributed by atoms with Gasteiger partial charge in [-0.1, -0.05) is 13.0 Å². The molecule has 0 atom stereocenters. The van der Waals surface area contributed by atoms with Crippen molar-refractivity contribution in [1.29, 1.82) is 0 Å². The highest BCUT2D eigenvalue weighted by Gasteiger charge is 2.20. The lowest BCUT2D eigenvalue weighted by atomic mass is 10.00. The molecular weight excluding hydrogens is 300 g/mol. The van der Waals surface area contributed by atoms with E-state index in [9.17, 15) is 0 Å². The second-order valence-corrected chi connectivity index (χ2v) is 7.50. The van der Waals surface area contributed by atoms with Crippen molar-refractivity contribution in [3.8, 4) is 0 Å². The number of nitrogens with zero attached hydrogens (tertiary/aromatic N) is 3. The highest BCUT2D eigenvalue weighted by atomic mass is 32.1. The van der Waals surface area contributed by atoms with Crippen molar-refractivity contribution >= 4 is 23.6 Å². The summed E-state index contributed by atoms with van der Waals surface area (Å²) < 4.78 is 4.91. The van der Waals surface area contributed by atoms with Crippen molar-refractivity contribution in [2.75, 3.05) is 13.1 Å². The summed E-state index contributed by atoms with van der Waals surface area (Å²) >= 11 is 7.33. The summed E-state index contributed by atoms with van der Waals surface area (Å²) in [5.41, 5.74) is 0. The molecule has 1 N–H and O–H groups in total. The molecule has 1 saturated heterocycles. The van der Waals surface area contributed by atoms with Crippen LogP contribution in [0.5, 0.6) is 0 Å². The van der Waals surface area contributed by atoms with Gasteiger partial charge in [0.05, 0.1) is 13.1 Å². The summed E-state index contributed by atoms with van der Waals surface area (Å²) in [6.45, 7) is 5.73. The number of hydrogen-bond acceptors (Lipinski definition) is 3. The van der Waals surface area contributed by atoms with Crippen molar-refractivity contribution in [2.45, 2.75) is 32.9 Å². The van der Waals surface area contributed by atoms with E-state index in [0.29, 0.717) is 0 Å². The Labute approximate surface area is 135 Å². The standard InChI is InChI=1S/C15H22N4S2/c1-12-5-7-18(8-6-12)11-19-15(20)17(2)14(16-19)10-13-4-3-9-21-13/h3-4,9,12H,5-8,10-11H2,1-2H3/p+1. The first-order chi connectivity index (χ1) is 10.1. The summed E-state index contributed by atoms with van der Waals surface area (Å²) in [4.78, 5) is 2.94. The Morgan fingerprint density at radius 1 is 1.43 bits per heavy atom. The minimum absolute atomic E-state index is 0.840. The molecule has 1 aliphatic heterocycles. The van der Waals surface area contributed by atoms with Crippen molar-refractivity contribution in [3.63, 3.8) is 0 Å². The van der Waals surface area contributed by atoms with E-state index in [1.165, 1.54) is 30.8 Å². The van der Waals surface area contributed by atoms with Crippen molar-refractivity contribution in [2.24, 2.45) is 13.0 Å². The maximum Gasteiger partial charge on any atom is 0.202 e. The quantitative estimate of drug-likeness (QED) is 0.870. The van der Waals surface area contributed by atoms with Gasteiger partial charge in [0.1, 0.15) is 5.82 Å². The maximum atomic E-state index is 5.55. The Bertz CT molecular complexity index is 633. The first-order valence-electron chi connectivity index (χ1n) is 7.62. The molecule has 3 rings (SSSR count). The first kappa shape index (κ1) is 14.9. The highest BCUT2D eigenvalue weighted by molar-refractivity contribution is 7.71. The molecule has 0 saturated carbocycles. The number of quaternary nitrogens is 1. The Hall–Kier alpha value is -0.980. The van der Waals surface area contributed by atoms with Crippen LogP contribution in [-0.4, -0.2) is 27.4 Å². The first-order valence-corrected chi connectivity index (χ1v) is 8.91. The third kappa shape index (κ3) is 3.44. The smallest absolute Gasteiger partial charge is 0.202 e. The van der Waals surface area contributed by atoms with Gasteiger partial charge < -0.3 is 9.47 Å². The molecule has 0 spiro atoms. The summed E-state index contributed by atoms with van der Waals surface area (Å²) in [6, 6.07) is 4.24. The second-order valence-electron chi connectivity index (χ2n) is 6.10. The molecule has 2 aromatic rings. The molecule has 2 aromatic heterocycles. The molecule has 0 aromatic carbocycles. The fourth-order valence-electron chi connectivity index (χ4n) is 2.90. The topological polar surface area (TPSA) is 27.2 Å². The Morgan fingerprint density at radius 3 is 2.86 bits per heavy atom. The number of likely N-dealkylation sites (tertiary alicyclic amines) is 1. The van der Waals surface area contributed by atoms with Gasteiger partial charge in [-0.05, 0) is 42.4 Å². The number of nitrogens with one attached hydrogen (secondary N) is 1. The molecule has 0 aliphatic carbocycles. The van der Waals surface area contributed by atoms with Gasteiger partial charge in [0, 0.05) is 18.3 Å². The minimum Gasteiger partial charge on any atom is -0.316 e. The van der Waals surface area contributed by atoms with E-state index in [2.05, 4.69) is 29.0 Å². The molecule has 1 aliphatic rings. The zero-order valence-electron chi connectivity index (χ0n) is 12.7. The number of thiophene rings is 1. The summed E-state index contributed by atoms with van der Waals surface area (Å²) in [7, 11) is 2.03.